The smallest absolute Gasteiger partial charge is 0.242 e. The van der Waals surface area contributed by atoms with Gasteiger partial charge in [0.2, 0.25) is 11.8 Å². The van der Waals surface area contributed by atoms with Crippen LogP contribution >= 0.6 is 0 Å². The number of hydrogen-bond donors (Lipinski definition) is 1. The lowest BCUT2D eigenvalue weighted by molar-refractivity contribution is -0.145. The summed E-state index contributed by atoms with van der Waals surface area (Å²) in [6, 6.07) is -0.313. The molecule has 4 nitrogen and oxygen atoms in total. The number of nitrogens with zero attached hydrogens (tertiary/aromatic N) is 1. The highest BCUT2D eigenvalue weighted by Crippen LogP contribution is 2.18. The molecular weight excluding hydrogens is 216 g/mol. The molecule has 2 unspecified atom stereocenters. The van der Waals surface area contributed by atoms with Gasteiger partial charge in [-0.05, 0) is 19.8 Å². The van der Waals surface area contributed by atoms with E-state index in [4.69, 9.17) is 0 Å². The number of hydrogen-bond acceptors (Lipinski definition) is 2. The second kappa shape index (κ2) is 6.62. The number of amides is 2. The van der Waals surface area contributed by atoms with Crippen molar-refractivity contribution in [3.05, 3.63) is 0 Å². The molecule has 1 aliphatic rings. The molecule has 0 aromatic heterocycles. The van der Waals surface area contributed by atoms with E-state index in [0.717, 1.165) is 25.7 Å². The molecule has 0 spiro atoms. The predicted octanol–water partition coefficient (Wildman–Crippen LogP) is 1.55. The van der Waals surface area contributed by atoms with E-state index in [2.05, 4.69) is 12.2 Å². The van der Waals surface area contributed by atoms with Crippen LogP contribution in [0.5, 0.6) is 0 Å². The number of piperazine rings is 1. The van der Waals surface area contributed by atoms with Gasteiger partial charge in [-0.25, -0.2) is 0 Å². The minimum Gasteiger partial charge on any atom is -0.353 e. The van der Waals surface area contributed by atoms with Crippen LogP contribution in [0.15, 0.2) is 0 Å². The van der Waals surface area contributed by atoms with Crippen LogP contribution < -0.4 is 5.32 Å². The molecule has 4 heteroatoms. The van der Waals surface area contributed by atoms with Gasteiger partial charge >= 0.3 is 0 Å². The number of rotatable bonds is 5. The molecule has 1 rings (SSSR count). The lowest BCUT2D eigenvalue weighted by atomic mass is 9.96. The molecule has 17 heavy (non-hydrogen) atoms. The van der Waals surface area contributed by atoms with Crippen LogP contribution in [0, 0.1) is 5.92 Å². The van der Waals surface area contributed by atoms with Crippen LogP contribution in [0.25, 0.3) is 0 Å². The predicted molar refractivity (Wildman–Crippen MR) is 67.5 cm³/mol. The van der Waals surface area contributed by atoms with Crippen molar-refractivity contribution in [3.63, 3.8) is 0 Å². The first kappa shape index (κ1) is 14.0. The van der Waals surface area contributed by atoms with Crippen molar-refractivity contribution in [2.75, 3.05) is 13.1 Å². The molecule has 0 saturated carbocycles. The van der Waals surface area contributed by atoms with E-state index in [0.29, 0.717) is 13.1 Å². The first-order chi connectivity index (χ1) is 8.11. The molecule has 2 amide bonds. The Kier molecular flexibility index (Phi) is 5.45. The van der Waals surface area contributed by atoms with E-state index in [9.17, 15) is 9.59 Å². The molecule has 1 heterocycles. The van der Waals surface area contributed by atoms with Gasteiger partial charge in [0, 0.05) is 19.0 Å². The summed E-state index contributed by atoms with van der Waals surface area (Å²) in [6.45, 7) is 7.22. The minimum absolute atomic E-state index is 0.0325. The first-order valence-corrected chi connectivity index (χ1v) is 6.70. The fraction of sp³-hybridized carbons (Fsp3) is 0.846. The van der Waals surface area contributed by atoms with Crippen molar-refractivity contribution in [2.24, 2.45) is 5.92 Å². The fourth-order valence-electron chi connectivity index (χ4n) is 2.27. The molecule has 1 N–H and O–H groups in total. The van der Waals surface area contributed by atoms with Crippen LogP contribution in [0.4, 0.5) is 0 Å². The average Bonchev–Trinajstić information content (AvgIpc) is 2.33. The lowest BCUT2D eigenvalue weighted by Crippen LogP contribution is -2.57. The molecule has 1 fully saturated rings. The Morgan fingerprint density at radius 3 is 2.82 bits per heavy atom. The summed E-state index contributed by atoms with van der Waals surface area (Å²) < 4.78 is 0. The van der Waals surface area contributed by atoms with Gasteiger partial charge in [0.05, 0.1) is 0 Å². The summed E-state index contributed by atoms with van der Waals surface area (Å²) >= 11 is 0. The lowest BCUT2D eigenvalue weighted by Gasteiger charge is -2.35. The maximum Gasteiger partial charge on any atom is 0.242 e. The van der Waals surface area contributed by atoms with Crippen LogP contribution in [-0.4, -0.2) is 35.8 Å². The molecule has 1 aliphatic heterocycles. The molecule has 0 aromatic rings. The number of carbonyl (C=O) groups is 2. The van der Waals surface area contributed by atoms with Crippen molar-refractivity contribution >= 4 is 11.8 Å². The zero-order chi connectivity index (χ0) is 12.8. The average molecular weight is 240 g/mol. The van der Waals surface area contributed by atoms with Crippen LogP contribution in [0.1, 0.15) is 46.5 Å². The van der Waals surface area contributed by atoms with E-state index in [-0.39, 0.29) is 23.8 Å². The number of nitrogens with one attached hydrogen (secondary N) is 1. The third kappa shape index (κ3) is 3.45. The molecule has 0 bridgehead atoms. The Morgan fingerprint density at radius 2 is 2.24 bits per heavy atom. The highest BCUT2D eigenvalue weighted by molar-refractivity contribution is 5.89. The fourth-order valence-corrected chi connectivity index (χ4v) is 2.27. The summed E-state index contributed by atoms with van der Waals surface area (Å²) in [5, 5.41) is 2.78. The zero-order valence-corrected chi connectivity index (χ0v) is 11.2. The molecule has 1 saturated heterocycles. The highest BCUT2D eigenvalue weighted by Gasteiger charge is 2.32. The molecular formula is C13H24N2O2. The van der Waals surface area contributed by atoms with Crippen LogP contribution in [0.2, 0.25) is 0 Å². The Bertz CT molecular complexity index is 279. The van der Waals surface area contributed by atoms with Crippen molar-refractivity contribution in [1.29, 1.82) is 0 Å². The van der Waals surface area contributed by atoms with Gasteiger partial charge in [-0.2, -0.15) is 0 Å². The Balaban J connectivity index is 2.62. The van der Waals surface area contributed by atoms with E-state index < -0.39 is 0 Å². The summed E-state index contributed by atoms with van der Waals surface area (Å²) in [5.74, 6) is 0.210. The summed E-state index contributed by atoms with van der Waals surface area (Å²) in [5.41, 5.74) is 0. The first-order valence-electron chi connectivity index (χ1n) is 6.70. The third-order valence-electron chi connectivity index (χ3n) is 3.53. The molecule has 0 aromatic carbocycles. The SMILES string of the molecule is CCCCC(CC)C(=O)N1CCNC(=O)C1C. The minimum atomic E-state index is -0.313. The van der Waals surface area contributed by atoms with E-state index in [1.165, 1.54) is 0 Å². The van der Waals surface area contributed by atoms with Crippen molar-refractivity contribution < 1.29 is 9.59 Å². The van der Waals surface area contributed by atoms with Gasteiger partial charge in [-0.15, -0.1) is 0 Å². The van der Waals surface area contributed by atoms with E-state index >= 15 is 0 Å². The molecule has 0 aliphatic carbocycles. The Hall–Kier alpha value is -1.06. The molecule has 0 radical (unpaired) electrons. The Morgan fingerprint density at radius 1 is 1.53 bits per heavy atom. The monoisotopic (exact) mass is 240 g/mol. The number of unbranched alkanes of at least 4 members (excludes halogenated alkanes) is 1. The van der Waals surface area contributed by atoms with Crippen LogP contribution in [-0.2, 0) is 9.59 Å². The van der Waals surface area contributed by atoms with Crippen molar-refractivity contribution in [3.8, 4) is 0 Å². The standard InChI is InChI=1S/C13H24N2O2/c1-4-6-7-11(5-2)13(17)15-9-8-14-12(16)10(15)3/h10-11H,4-9H2,1-3H3,(H,14,16). The highest BCUT2D eigenvalue weighted by atomic mass is 16.2. The largest absolute Gasteiger partial charge is 0.353 e. The third-order valence-corrected chi connectivity index (χ3v) is 3.53. The van der Waals surface area contributed by atoms with Gasteiger partial charge in [-0.3, -0.25) is 9.59 Å². The normalized spacial score (nSPS) is 22.2. The van der Waals surface area contributed by atoms with Crippen molar-refractivity contribution in [2.45, 2.75) is 52.5 Å². The van der Waals surface area contributed by atoms with Gasteiger partial charge < -0.3 is 10.2 Å². The summed E-state index contributed by atoms with van der Waals surface area (Å²) in [7, 11) is 0. The second-order valence-corrected chi connectivity index (χ2v) is 4.75. The van der Waals surface area contributed by atoms with Crippen molar-refractivity contribution in [1.82, 2.24) is 10.2 Å². The molecule has 98 valence electrons. The van der Waals surface area contributed by atoms with Gasteiger partial charge in [0.15, 0.2) is 0 Å². The number of carbonyl (C=O) groups excluding carboxylic acids is 2. The van der Waals surface area contributed by atoms with Gasteiger partial charge in [0.25, 0.3) is 0 Å². The Labute approximate surface area is 104 Å². The van der Waals surface area contributed by atoms with Crippen LogP contribution in [0.3, 0.4) is 0 Å². The topological polar surface area (TPSA) is 49.4 Å². The van der Waals surface area contributed by atoms with E-state index in [1.54, 1.807) is 11.8 Å². The van der Waals surface area contributed by atoms with E-state index in [1.807, 2.05) is 6.92 Å². The maximum absolute atomic E-state index is 12.3. The summed E-state index contributed by atoms with van der Waals surface area (Å²) in [4.78, 5) is 25.6. The van der Waals surface area contributed by atoms with Gasteiger partial charge in [0.1, 0.15) is 6.04 Å². The van der Waals surface area contributed by atoms with Gasteiger partial charge in [-0.1, -0.05) is 26.7 Å². The quantitative estimate of drug-likeness (QED) is 0.792. The summed E-state index contributed by atoms with van der Waals surface area (Å²) in [6.07, 6.45) is 4.00. The molecule has 2 atom stereocenters. The second-order valence-electron chi connectivity index (χ2n) is 4.75. The zero-order valence-electron chi connectivity index (χ0n) is 11.2. The maximum atomic E-state index is 12.3.